The third-order valence-electron chi connectivity index (χ3n) is 5.17. The van der Waals surface area contributed by atoms with Crippen molar-refractivity contribution in [2.45, 2.75) is 38.7 Å². The van der Waals surface area contributed by atoms with Crippen molar-refractivity contribution >= 4 is 22.9 Å². The van der Waals surface area contributed by atoms with Gasteiger partial charge < -0.3 is 10.4 Å². The molecule has 1 atom stereocenters. The van der Waals surface area contributed by atoms with E-state index in [1.54, 1.807) is 11.0 Å². The maximum atomic E-state index is 13.4. The van der Waals surface area contributed by atoms with Crippen LogP contribution in [0.2, 0.25) is 0 Å². The first kappa shape index (κ1) is 21.7. The highest BCUT2D eigenvalue weighted by molar-refractivity contribution is 7.12. The Bertz CT molecular complexity index is 826. The molecule has 1 fully saturated rings. The predicted octanol–water partition coefficient (Wildman–Crippen LogP) is 3.43. The molecule has 9 heteroatoms. The molecule has 3 rings (SSSR count). The molecule has 1 saturated heterocycles. The molecule has 0 spiro atoms. The Morgan fingerprint density at radius 1 is 1.48 bits per heavy atom. The maximum absolute atomic E-state index is 13.4. The van der Waals surface area contributed by atoms with Crippen molar-refractivity contribution < 1.29 is 18.7 Å². The molecule has 0 bridgehead atoms. The van der Waals surface area contributed by atoms with Gasteiger partial charge in [0.05, 0.1) is 17.0 Å². The first-order valence-electron chi connectivity index (χ1n) is 9.79. The highest BCUT2D eigenvalue weighted by Gasteiger charge is 2.38. The smallest absolute Gasteiger partial charge is 0.261 e. The molecule has 1 unspecified atom stereocenters. The molecule has 3 heterocycles. The molecule has 29 heavy (non-hydrogen) atoms. The second-order valence-corrected chi connectivity index (χ2v) is 8.33. The van der Waals surface area contributed by atoms with E-state index in [1.807, 2.05) is 12.3 Å². The van der Waals surface area contributed by atoms with Crippen LogP contribution in [0, 0.1) is 5.92 Å². The topological polar surface area (TPSA) is 78.3 Å². The molecule has 0 saturated carbocycles. The minimum Gasteiger partial charge on any atom is -0.396 e. The fourth-order valence-electron chi connectivity index (χ4n) is 3.37. The number of aromatic nitrogens is 2. The van der Waals surface area contributed by atoms with E-state index in [-0.39, 0.29) is 31.3 Å². The van der Waals surface area contributed by atoms with Gasteiger partial charge in [-0.25, -0.2) is 18.7 Å². The molecule has 0 amide bonds. The van der Waals surface area contributed by atoms with Crippen LogP contribution in [0.15, 0.2) is 24.0 Å². The molecule has 158 valence electrons. The number of carbonyl (C=O) groups excluding carboxylic acids is 1. The van der Waals surface area contributed by atoms with E-state index < -0.39 is 5.92 Å². The normalized spacial score (nSPS) is 17.4. The van der Waals surface area contributed by atoms with Gasteiger partial charge in [0.15, 0.2) is 0 Å². The number of nitrogens with zero attached hydrogens (tertiary/aromatic N) is 3. The van der Waals surface area contributed by atoms with Gasteiger partial charge in [-0.05, 0) is 29.3 Å². The third kappa shape index (κ3) is 5.77. The number of ketones is 1. The van der Waals surface area contributed by atoms with Crippen molar-refractivity contribution in [1.82, 2.24) is 14.9 Å². The molecule has 2 aromatic heterocycles. The Hall–Kier alpha value is -1.97. The number of halogens is 2. The van der Waals surface area contributed by atoms with E-state index in [1.165, 1.54) is 23.9 Å². The van der Waals surface area contributed by atoms with Crippen LogP contribution < -0.4 is 5.32 Å². The van der Waals surface area contributed by atoms with E-state index in [0.29, 0.717) is 35.9 Å². The van der Waals surface area contributed by atoms with Crippen LogP contribution in [-0.2, 0) is 6.54 Å². The van der Waals surface area contributed by atoms with E-state index >= 15 is 0 Å². The van der Waals surface area contributed by atoms with Crippen molar-refractivity contribution in [2.24, 2.45) is 5.92 Å². The second kappa shape index (κ2) is 9.69. The van der Waals surface area contributed by atoms with Crippen LogP contribution in [0.3, 0.4) is 0 Å². The van der Waals surface area contributed by atoms with E-state index in [0.717, 1.165) is 18.4 Å². The number of aliphatic hydroxyl groups is 1. The molecule has 0 radical (unpaired) electrons. The van der Waals surface area contributed by atoms with Crippen LogP contribution in [0.25, 0.3) is 0 Å². The summed E-state index contributed by atoms with van der Waals surface area (Å²) in [5.74, 6) is -2.14. The monoisotopic (exact) mass is 424 g/mol. The van der Waals surface area contributed by atoms with Crippen molar-refractivity contribution in [2.75, 3.05) is 31.6 Å². The van der Waals surface area contributed by atoms with Crippen LogP contribution >= 0.6 is 11.3 Å². The second-order valence-electron chi connectivity index (χ2n) is 7.42. The number of alkyl halides is 2. The standard InChI is InChI=1S/C20H26F2N4O2S/c1-2-14(10-27)3-5-24-19-16(8-23-13-25-19)18(28)17-7-15(11-29-17)9-26-6-4-20(21,22)12-26/h7-8,11,13-14,27H,2-6,9-10,12H2,1H3,(H,23,24,25). The Morgan fingerprint density at radius 3 is 3.00 bits per heavy atom. The summed E-state index contributed by atoms with van der Waals surface area (Å²) in [6.07, 6.45) is 4.41. The molecular weight excluding hydrogens is 398 g/mol. The molecule has 0 aliphatic carbocycles. The summed E-state index contributed by atoms with van der Waals surface area (Å²) >= 11 is 1.30. The number of anilines is 1. The zero-order chi connectivity index (χ0) is 20.9. The van der Waals surface area contributed by atoms with Gasteiger partial charge in [0.25, 0.3) is 5.92 Å². The molecule has 2 aromatic rings. The molecule has 0 aromatic carbocycles. The highest BCUT2D eigenvalue weighted by atomic mass is 32.1. The van der Waals surface area contributed by atoms with Crippen LogP contribution in [-0.4, -0.2) is 57.9 Å². The lowest BCUT2D eigenvalue weighted by Crippen LogP contribution is -2.24. The van der Waals surface area contributed by atoms with Gasteiger partial charge in [0.1, 0.15) is 12.1 Å². The summed E-state index contributed by atoms with van der Waals surface area (Å²) in [6, 6.07) is 1.76. The van der Waals surface area contributed by atoms with Crippen molar-refractivity contribution in [3.63, 3.8) is 0 Å². The number of hydrogen-bond acceptors (Lipinski definition) is 7. The largest absolute Gasteiger partial charge is 0.396 e. The number of thiophene rings is 1. The first-order chi connectivity index (χ1) is 13.9. The number of hydrogen-bond donors (Lipinski definition) is 2. The lowest BCUT2D eigenvalue weighted by Gasteiger charge is -2.14. The van der Waals surface area contributed by atoms with E-state index in [4.69, 9.17) is 0 Å². The summed E-state index contributed by atoms with van der Waals surface area (Å²) in [5, 5.41) is 14.3. The van der Waals surface area contributed by atoms with Gasteiger partial charge >= 0.3 is 0 Å². The van der Waals surface area contributed by atoms with Crippen LogP contribution in [0.5, 0.6) is 0 Å². The number of likely N-dealkylation sites (tertiary alicyclic amines) is 1. The van der Waals surface area contributed by atoms with Crippen molar-refractivity contribution in [3.8, 4) is 0 Å². The van der Waals surface area contributed by atoms with Crippen LogP contribution in [0.1, 0.15) is 47.0 Å². The zero-order valence-electron chi connectivity index (χ0n) is 16.4. The molecular formula is C20H26F2N4O2S. The average molecular weight is 425 g/mol. The lowest BCUT2D eigenvalue weighted by molar-refractivity contribution is 0.0115. The molecule has 1 aliphatic rings. The Kier molecular flexibility index (Phi) is 7.26. The highest BCUT2D eigenvalue weighted by Crippen LogP contribution is 2.29. The number of rotatable bonds is 10. The number of nitrogens with one attached hydrogen (secondary N) is 1. The summed E-state index contributed by atoms with van der Waals surface area (Å²) < 4.78 is 26.7. The van der Waals surface area contributed by atoms with Gasteiger partial charge in [-0.2, -0.15) is 0 Å². The maximum Gasteiger partial charge on any atom is 0.261 e. The third-order valence-corrected chi connectivity index (χ3v) is 6.15. The van der Waals surface area contributed by atoms with Gasteiger partial charge in [0, 0.05) is 38.9 Å². The van der Waals surface area contributed by atoms with Gasteiger partial charge in [0.2, 0.25) is 5.78 Å². The summed E-state index contributed by atoms with van der Waals surface area (Å²) in [4.78, 5) is 23.4. The Labute approximate surface area is 173 Å². The van der Waals surface area contributed by atoms with Crippen molar-refractivity contribution in [1.29, 1.82) is 0 Å². The Balaban J connectivity index is 1.64. The summed E-state index contributed by atoms with van der Waals surface area (Å²) in [5.41, 5.74) is 1.24. The first-order valence-corrected chi connectivity index (χ1v) is 10.7. The molecule has 6 nitrogen and oxygen atoms in total. The fraction of sp³-hybridized carbons (Fsp3) is 0.550. The average Bonchev–Trinajstić information content (AvgIpc) is 3.31. The van der Waals surface area contributed by atoms with Crippen LogP contribution in [0.4, 0.5) is 14.6 Å². The van der Waals surface area contributed by atoms with Gasteiger partial charge in [-0.3, -0.25) is 9.69 Å². The SMILES string of the molecule is CCC(CO)CCNc1ncncc1C(=O)c1cc(CN2CCC(F)(F)C2)cs1. The van der Waals surface area contributed by atoms with Gasteiger partial charge in [-0.1, -0.05) is 13.3 Å². The summed E-state index contributed by atoms with van der Waals surface area (Å²) in [7, 11) is 0. The molecule has 2 N–H and O–H groups in total. The van der Waals surface area contributed by atoms with Gasteiger partial charge in [-0.15, -0.1) is 11.3 Å². The Morgan fingerprint density at radius 2 is 2.31 bits per heavy atom. The number of carbonyl (C=O) groups is 1. The minimum absolute atomic E-state index is 0.117. The fourth-order valence-corrected chi connectivity index (χ4v) is 4.22. The quantitative estimate of drug-likeness (QED) is 0.569. The lowest BCUT2D eigenvalue weighted by atomic mass is 10.0. The van der Waals surface area contributed by atoms with E-state index in [2.05, 4.69) is 15.3 Å². The van der Waals surface area contributed by atoms with Crippen molar-refractivity contribution in [3.05, 3.63) is 40.0 Å². The predicted molar refractivity (Wildman–Crippen MR) is 109 cm³/mol. The zero-order valence-corrected chi connectivity index (χ0v) is 17.2. The number of aliphatic hydroxyl groups excluding tert-OH is 1. The van der Waals surface area contributed by atoms with E-state index in [9.17, 15) is 18.7 Å². The molecule has 1 aliphatic heterocycles. The summed E-state index contributed by atoms with van der Waals surface area (Å²) in [6.45, 7) is 3.29. The minimum atomic E-state index is -2.62.